The van der Waals surface area contributed by atoms with Gasteiger partial charge in [0.15, 0.2) is 17.9 Å². The summed E-state index contributed by atoms with van der Waals surface area (Å²) in [7, 11) is 0. The summed E-state index contributed by atoms with van der Waals surface area (Å²) in [6, 6.07) is 3.27. The molecule has 3 heterocycles. The molecule has 0 spiro atoms. The predicted molar refractivity (Wildman–Crippen MR) is 94.2 cm³/mol. The van der Waals surface area contributed by atoms with Crippen LogP contribution in [0.4, 0.5) is 27.8 Å². The molecule has 13 heteroatoms. The van der Waals surface area contributed by atoms with Gasteiger partial charge in [-0.15, -0.1) is 0 Å². The number of aliphatic hydroxyl groups is 3. The molecule has 3 aromatic rings. The Hall–Kier alpha value is -2.87. The Morgan fingerprint density at radius 3 is 2.52 bits per heavy atom. The average molecular weight is 446 g/mol. The second-order valence-corrected chi connectivity index (χ2v) is 7.05. The fourth-order valence-corrected chi connectivity index (χ4v) is 3.64. The zero-order chi connectivity index (χ0) is 22.7. The smallest absolute Gasteiger partial charge is 0.386 e. The Morgan fingerprint density at radius 1 is 1.16 bits per heavy atom. The molecular formula is C18H15F5N4O4. The fourth-order valence-electron chi connectivity index (χ4n) is 3.64. The summed E-state index contributed by atoms with van der Waals surface area (Å²) < 4.78 is 74.6. The fraction of sp³-hybridized carbons (Fsp3) is 0.333. The molecular weight excluding hydrogens is 431 g/mol. The quantitative estimate of drug-likeness (QED) is 0.450. The number of ether oxygens (including phenoxy) is 1. The summed E-state index contributed by atoms with van der Waals surface area (Å²) in [5, 5.41) is 31.7. The van der Waals surface area contributed by atoms with E-state index in [0.29, 0.717) is 12.1 Å². The van der Waals surface area contributed by atoms with Crippen LogP contribution in [0.25, 0.3) is 11.0 Å². The van der Waals surface area contributed by atoms with Crippen LogP contribution >= 0.6 is 0 Å². The van der Waals surface area contributed by atoms with Gasteiger partial charge in [0.2, 0.25) is 5.60 Å². The maximum Gasteiger partial charge on any atom is 0.422 e. The SMILES string of the molecule is Nc1ncnc2c1ccn2[C@@H]1O[C@H]([C@H](O)c2ccc(F)c(F)c2)[C@](O)(C(F)(F)F)[C@H]1O. The third-order valence-electron chi connectivity index (χ3n) is 5.28. The molecule has 8 nitrogen and oxygen atoms in total. The zero-order valence-corrected chi connectivity index (χ0v) is 15.3. The molecule has 0 bridgehead atoms. The maximum atomic E-state index is 13.9. The molecule has 0 aliphatic carbocycles. The van der Waals surface area contributed by atoms with Crippen LogP contribution in [0.15, 0.2) is 36.8 Å². The maximum absolute atomic E-state index is 13.9. The van der Waals surface area contributed by atoms with Crippen molar-refractivity contribution in [3.63, 3.8) is 0 Å². The van der Waals surface area contributed by atoms with E-state index in [4.69, 9.17) is 10.5 Å². The largest absolute Gasteiger partial charge is 0.422 e. The van der Waals surface area contributed by atoms with Crippen molar-refractivity contribution < 1.29 is 42.0 Å². The number of aromatic nitrogens is 3. The average Bonchev–Trinajstić information content (AvgIpc) is 3.24. The highest BCUT2D eigenvalue weighted by Crippen LogP contribution is 2.51. The number of hydrogen-bond donors (Lipinski definition) is 4. The number of nitrogen functional groups attached to an aromatic ring is 1. The third-order valence-corrected chi connectivity index (χ3v) is 5.28. The number of fused-ring (bicyclic) bond motifs is 1. The van der Waals surface area contributed by atoms with Gasteiger partial charge in [-0.25, -0.2) is 18.7 Å². The molecule has 1 aromatic carbocycles. The van der Waals surface area contributed by atoms with Crippen molar-refractivity contribution in [1.82, 2.24) is 14.5 Å². The second kappa shape index (κ2) is 7.09. The van der Waals surface area contributed by atoms with Crippen molar-refractivity contribution >= 4 is 16.9 Å². The summed E-state index contributed by atoms with van der Waals surface area (Å²) >= 11 is 0. The van der Waals surface area contributed by atoms with Crippen molar-refractivity contribution in [3.8, 4) is 0 Å². The summed E-state index contributed by atoms with van der Waals surface area (Å²) in [6.07, 6.45) is -12.5. The standard InChI is InChI=1S/C18H15F5N4O4/c19-9-2-1-7(5-10(9)20)11(28)13-17(30,18(21,22)23)12(29)16(31-13)27-4-3-8-14(24)25-6-26-15(8)27/h1-6,11-13,16,28-30H,(H2,24,25,26)/t11-,12+,13-,16-,17+/m1/s1. The molecule has 166 valence electrons. The summed E-state index contributed by atoms with van der Waals surface area (Å²) in [4.78, 5) is 7.65. The topological polar surface area (TPSA) is 127 Å². The monoisotopic (exact) mass is 446 g/mol. The molecule has 0 radical (unpaired) electrons. The summed E-state index contributed by atoms with van der Waals surface area (Å²) in [5.41, 5.74) is 1.25. The van der Waals surface area contributed by atoms with Crippen LogP contribution in [0.2, 0.25) is 0 Å². The number of aliphatic hydroxyl groups excluding tert-OH is 2. The lowest BCUT2D eigenvalue weighted by Gasteiger charge is -2.34. The molecule has 2 aromatic heterocycles. The molecule has 1 saturated heterocycles. The number of halogens is 5. The summed E-state index contributed by atoms with van der Waals surface area (Å²) in [5.74, 6) is -2.70. The highest BCUT2D eigenvalue weighted by Gasteiger charge is 2.72. The lowest BCUT2D eigenvalue weighted by atomic mass is 9.86. The van der Waals surface area contributed by atoms with Gasteiger partial charge in [-0.2, -0.15) is 13.2 Å². The first-order valence-electron chi connectivity index (χ1n) is 8.79. The number of nitrogens with zero attached hydrogens (tertiary/aromatic N) is 3. The minimum Gasteiger partial charge on any atom is -0.386 e. The van der Waals surface area contributed by atoms with Crippen LogP contribution in [-0.2, 0) is 4.74 Å². The van der Waals surface area contributed by atoms with Gasteiger partial charge < -0.3 is 30.4 Å². The van der Waals surface area contributed by atoms with Crippen molar-refractivity contribution in [1.29, 1.82) is 0 Å². The zero-order valence-electron chi connectivity index (χ0n) is 15.3. The number of anilines is 1. The number of nitrogens with two attached hydrogens (primary N) is 1. The van der Waals surface area contributed by atoms with Gasteiger partial charge in [-0.1, -0.05) is 6.07 Å². The molecule has 4 rings (SSSR count). The Kier molecular flexibility index (Phi) is 4.88. The van der Waals surface area contributed by atoms with E-state index in [-0.39, 0.29) is 16.9 Å². The molecule has 1 aliphatic heterocycles. The minimum absolute atomic E-state index is 0.00374. The lowest BCUT2D eigenvalue weighted by Crippen LogP contribution is -2.60. The van der Waals surface area contributed by atoms with E-state index in [1.54, 1.807) is 0 Å². The van der Waals surface area contributed by atoms with Crippen LogP contribution in [-0.4, -0.2) is 53.8 Å². The van der Waals surface area contributed by atoms with E-state index >= 15 is 0 Å². The molecule has 5 N–H and O–H groups in total. The van der Waals surface area contributed by atoms with Crippen molar-refractivity contribution in [2.45, 2.75) is 36.3 Å². The lowest BCUT2D eigenvalue weighted by molar-refractivity contribution is -0.302. The number of alkyl halides is 3. The van der Waals surface area contributed by atoms with Crippen LogP contribution in [0.1, 0.15) is 17.9 Å². The van der Waals surface area contributed by atoms with Gasteiger partial charge in [0.25, 0.3) is 0 Å². The van der Waals surface area contributed by atoms with E-state index < -0.39 is 53.5 Å². The Bertz CT molecular complexity index is 1140. The molecule has 31 heavy (non-hydrogen) atoms. The van der Waals surface area contributed by atoms with Crippen molar-refractivity contribution in [2.24, 2.45) is 0 Å². The van der Waals surface area contributed by atoms with E-state index in [0.717, 1.165) is 17.0 Å². The molecule has 0 saturated carbocycles. The van der Waals surface area contributed by atoms with Gasteiger partial charge in [-0.3, -0.25) is 0 Å². The molecule has 1 fully saturated rings. The van der Waals surface area contributed by atoms with Crippen LogP contribution in [0.5, 0.6) is 0 Å². The Balaban J connectivity index is 1.81. The van der Waals surface area contributed by atoms with Crippen LogP contribution in [0, 0.1) is 11.6 Å². The molecule has 0 amide bonds. The number of hydrogen-bond acceptors (Lipinski definition) is 7. The Morgan fingerprint density at radius 2 is 1.87 bits per heavy atom. The first-order valence-corrected chi connectivity index (χ1v) is 8.79. The van der Waals surface area contributed by atoms with Crippen LogP contribution in [0.3, 0.4) is 0 Å². The number of rotatable bonds is 3. The number of benzene rings is 1. The first-order chi connectivity index (χ1) is 14.5. The normalized spacial score (nSPS) is 27.7. The van der Waals surface area contributed by atoms with E-state index in [2.05, 4.69) is 9.97 Å². The summed E-state index contributed by atoms with van der Waals surface area (Å²) in [6.45, 7) is 0. The van der Waals surface area contributed by atoms with E-state index in [1.807, 2.05) is 0 Å². The van der Waals surface area contributed by atoms with Crippen molar-refractivity contribution in [2.75, 3.05) is 5.73 Å². The van der Waals surface area contributed by atoms with Crippen molar-refractivity contribution in [3.05, 3.63) is 54.0 Å². The van der Waals surface area contributed by atoms with Crippen LogP contribution < -0.4 is 5.73 Å². The van der Waals surface area contributed by atoms with Gasteiger partial charge >= 0.3 is 6.18 Å². The van der Waals surface area contributed by atoms with Gasteiger partial charge in [0.1, 0.15) is 36.1 Å². The van der Waals surface area contributed by atoms with Gasteiger partial charge in [-0.05, 0) is 23.8 Å². The van der Waals surface area contributed by atoms with E-state index in [9.17, 15) is 37.3 Å². The second-order valence-electron chi connectivity index (χ2n) is 7.05. The first kappa shape index (κ1) is 21.4. The molecule has 1 aliphatic rings. The third kappa shape index (κ3) is 3.12. The molecule has 5 atom stereocenters. The Labute approximate surface area is 170 Å². The predicted octanol–water partition coefficient (Wildman–Crippen LogP) is 1.58. The highest BCUT2D eigenvalue weighted by molar-refractivity contribution is 5.86. The van der Waals surface area contributed by atoms with Gasteiger partial charge in [0.05, 0.1) is 5.39 Å². The van der Waals surface area contributed by atoms with Gasteiger partial charge in [0, 0.05) is 6.20 Å². The van der Waals surface area contributed by atoms with E-state index in [1.165, 1.54) is 12.3 Å². The highest BCUT2D eigenvalue weighted by atomic mass is 19.4. The molecule has 0 unspecified atom stereocenters. The minimum atomic E-state index is -5.47.